The van der Waals surface area contributed by atoms with Gasteiger partial charge >= 0.3 is 5.97 Å². The smallest absolute Gasteiger partial charge is 0.337 e. The summed E-state index contributed by atoms with van der Waals surface area (Å²) in [5.41, 5.74) is 3.33. The number of nitriles is 1. The van der Waals surface area contributed by atoms with Gasteiger partial charge in [-0.1, -0.05) is 23.4 Å². The molecule has 1 aromatic heterocycles. The molecule has 0 spiro atoms. The van der Waals surface area contributed by atoms with Crippen LogP contribution in [0.1, 0.15) is 32.7 Å². The number of carboxylic acids is 1. The van der Waals surface area contributed by atoms with E-state index < -0.39 is 5.97 Å². The Morgan fingerprint density at radius 1 is 1.31 bits per heavy atom. The van der Waals surface area contributed by atoms with Crippen molar-refractivity contribution < 1.29 is 14.7 Å². The first-order valence-corrected chi connectivity index (χ1v) is 8.94. The normalized spacial score (nSPS) is 10.3. The lowest BCUT2D eigenvalue weighted by atomic mass is 10.1. The number of aromatic nitrogens is 1. The van der Waals surface area contributed by atoms with E-state index in [2.05, 4.69) is 16.4 Å². The number of nitrogens with one attached hydrogen (secondary N) is 1. The van der Waals surface area contributed by atoms with Gasteiger partial charge in [0.15, 0.2) is 0 Å². The number of anilines is 1. The predicted molar refractivity (Wildman–Crippen MR) is 101 cm³/mol. The van der Waals surface area contributed by atoms with Gasteiger partial charge in [-0.05, 0) is 50.1 Å². The van der Waals surface area contributed by atoms with E-state index in [-0.39, 0.29) is 22.2 Å². The topological polar surface area (TPSA) is 103 Å². The highest BCUT2D eigenvalue weighted by Crippen LogP contribution is 2.27. The van der Waals surface area contributed by atoms with Crippen LogP contribution in [0.4, 0.5) is 5.69 Å². The number of rotatable bonds is 5. The summed E-state index contributed by atoms with van der Waals surface area (Å²) in [6, 6.07) is 6.37. The van der Waals surface area contributed by atoms with Gasteiger partial charge in [-0.15, -0.1) is 0 Å². The number of nitrogens with zero attached hydrogens (tertiary/aromatic N) is 2. The van der Waals surface area contributed by atoms with Crippen LogP contribution in [0, 0.1) is 32.1 Å². The number of thioether (sulfide) groups is 1. The third kappa shape index (κ3) is 4.34. The lowest BCUT2D eigenvalue weighted by Crippen LogP contribution is -2.15. The number of halogens is 1. The number of benzene rings is 1. The Balaban J connectivity index is 2.12. The Kier molecular flexibility index (Phi) is 6.24. The molecule has 0 saturated heterocycles. The summed E-state index contributed by atoms with van der Waals surface area (Å²) >= 11 is 6.97. The highest BCUT2D eigenvalue weighted by molar-refractivity contribution is 8.00. The average Bonchev–Trinajstić information content (AvgIpc) is 2.59. The van der Waals surface area contributed by atoms with Gasteiger partial charge in [0.25, 0.3) is 0 Å². The number of hydrogen-bond acceptors (Lipinski definition) is 5. The Morgan fingerprint density at radius 3 is 2.62 bits per heavy atom. The second-order valence-corrected chi connectivity index (χ2v) is 6.95. The number of hydrogen-bond donors (Lipinski definition) is 2. The quantitative estimate of drug-likeness (QED) is 0.750. The van der Waals surface area contributed by atoms with Gasteiger partial charge in [0.05, 0.1) is 21.9 Å². The first-order chi connectivity index (χ1) is 12.2. The molecule has 134 valence electrons. The van der Waals surface area contributed by atoms with Gasteiger partial charge in [-0.2, -0.15) is 5.26 Å². The zero-order valence-corrected chi connectivity index (χ0v) is 16.0. The van der Waals surface area contributed by atoms with E-state index in [9.17, 15) is 14.9 Å². The van der Waals surface area contributed by atoms with Gasteiger partial charge in [0.2, 0.25) is 5.91 Å². The molecule has 1 heterocycles. The molecule has 0 aliphatic heterocycles. The van der Waals surface area contributed by atoms with Crippen LogP contribution in [0.25, 0.3) is 0 Å². The van der Waals surface area contributed by atoms with Crippen LogP contribution in [0.5, 0.6) is 0 Å². The Bertz CT molecular complexity index is 938. The van der Waals surface area contributed by atoms with E-state index >= 15 is 0 Å². The lowest BCUT2D eigenvalue weighted by molar-refractivity contribution is -0.113. The van der Waals surface area contributed by atoms with Crippen molar-refractivity contribution in [3.8, 4) is 6.07 Å². The lowest BCUT2D eigenvalue weighted by Gasteiger charge is -2.11. The van der Waals surface area contributed by atoms with Gasteiger partial charge in [-0.25, -0.2) is 9.78 Å². The predicted octanol–water partition coefficient (Wildman–Crippen LogP) is 3.96. The van der Waals surface area contributed by atoms with Gasteiger partial charge < -0.3 is 10.4 Å². The molecular weight excluding hydrogens is 374 g/mol. The van der Waals surface area contributed by atoms with Gasteiger partial charge in [0.1, 0.15) is 11.1 Å². The summed E-state index contributed by atoms with van der Waals surface area (Å²) in [5.74, 6) is -1.47. The van der Waals surface area contributed by atoms with E-state index in [0.29, 0.717) is 16.3 Å². The van der Waals surface area contributed by atoms with Gasteiger partial charge in [0, 0.05) is 11.4 Å². The first kappa shape index (κ1) is 19.8. The molecule has 0 unspecified atom stereocenters. The third-order valence-corrected chi connectivity index (χ3v) is 5.20. The molecular formula is C18H16ClN3O3S. The molecule has 26 heavy (non-hydrogen) atoms. The Morgan fingerprint density at radius 2 is 2.00 bits per heavy atom. The van der Waals surface area contributed by atoms with Gasteiger partial charge in [-0.3, -0.25) is 4.79 Å². The van der Waals surface area contributed by atoms with Crippen molar-refractivity contribution in [3.05, 3.63) is 51.2 Å². The average molecular weight is 390 g/mol. The third-order valence-electron chi connectivity index (χ3n) is 3.90. The second-order valence-electron chi connectivity index (χ2n) is 5.58. The molecule has 0 aliphatic carbocycles. The van der Waals surface area contributed by atoms with E-state index in [1.54, 1.807) is 0 Å². The number of aromatic carboxylic acids is 1. The van der Waals surface area contributed by atoms with E-state index in [1.165, 1.54) is 18.2 Å². The zero-order chi connectivity index (χ0) is 19.4. The van der Waals surface area contributed by atoms with E-state index in [4.69, 9.17) is 16.7 Å². The molecule has 6 nitrogen and oxygen atoms in total. The van der Waals surface area contributed by atoms with E-state index in [0.717, 1.165) is 28.6 Å². The van der Waals surface area contributed by atoms with Crippen molar-refractivity contribution in [3.63, 3.8) is 0 Å². The fourth-order valence-corrected chi connectivity index (χ4v) is 3.33. The maximum Gasteiger partial charge on any atom is 0.337 e. The summed E-state index contributed by atoms with van der Waals surface area (Å²) in [4.78, 5) is 27.7. The summed E-state index contributed by atoms with van der Waals surface area (Å²) in [5, 5.41) is 21.6. The molecule has 1 amide bonds. The molecule has 2 N–H and O–H groups in total. The van der Waals surface area contributed by atoms with E-state index in [1.807, 2.05) is 20.8 Å². The van der Waals surface area contributed by atoms with Crippen molar-refractivity contribution >= 4 is 40.9 Å². The SMILES string of the molecule is Cc1nc(SCC(=O)Nc2ccc(Cl)c(C(=O)O)c2)c(C#N)c(C)c1C. The molecule has 0 radical (unpaired) electrons. The number of carbonyl (C=O) groups excluding carboxylic acids is 1. The summed E-state index contributed by atoms with van der Waals surface area (Å²) in [7, 11) is 0. The maximum absolute atomic E-state index is 12.2. The molecule has 8 heteroatoms. The van der Waals surface area contributed by atoms with Crippen LogP contribution < -0.4 is 5.32 Å². The Hall–Kier alpha value is -2.56. The van der Waals surface area contributed by atoms with Crippen LogP contribution in [0.2, 0.25) is 5.02 Å². The maximum atomic E-state index is 12.2. The minimum Gasteiger partial charge on any atom is -0.478 e. The van der Waals surface area contributed by atoms with Crippen molar-refractivity contribution in [2.24, 2.45) is 0 Å². The molecule has 0 bridgehead atoms. The molecule has 0 saturated carbocycles. The fraction of sp³-hybridized carbons (Fsp3) is 0.222. The largest absolute Gasteiger partial charge is 0.478 e. The number of amides is 1. The standard InChI is InChI=1S/C18H16ClN3O3S/c1-9-10(2)14(7-20)17(21-11(9)3)26-8-16(23)22-12-4-5-15(19)13(6-12)18(24)25/h4-6H,8H2,1-3H3,(H,22,23)(H,24,25). The van der Waals surface area contributed by atoms with Crippen molar-refractivity contribution in [1.82, 2.24) is 4.98 Å². The number of pyridine rings is 1. The molecule has 2 aromatic rings. The second kappa shape index (κ2) is 8.21. The van der Waals surface area contributed by atoms with Crippen LogP contribution in [0.15, 0.2) is 23.2 Å². The Labute approximate surface area is 160 Å². The number of aryl methyl sites for hydroxylation is 1. The molecule has 0 atom stereocenters. The first-order valence-electron chi connectivity index (χ1n) is 7.58. The summed E-state index contributed by atoms with van der Waals surface area (Å²) in [6.07, 6.45) is 0. The monoisotopic (exact) mass is 389 g/mol. The highest BCUT2D eigenvalue weighted by atomic mass is 35.5. The molecule has 1 aromatic carbocycles. The molecule has 2 rings (SSSR count). The van der Waals surface area contributed by atoms with Crippen LogP contribution in [-0.4, -0.2) is 27.7 Å². The molecule has 0 fully saturated rings. The molecule has 0 aliphatic rings. The minimum atomic E-state index is -1.17. The van der Waals surface area contributed by atoms with Crippen LogP contribution >= 0.6 is 23.4 Å². The van der Waals surface area contributed by atoms with Crippen LogP contribution in [0.3, 0.4) is 0 Å². The number of carboxylic acid groups (broad SMARTS) is 1. The van der Waals surface area contributed by atoms with Crippen molar-refractivity contribution in [2.45, 2.75) is 25.8 Å². The zero-order valence-electron chi connectivity index (χ0n) is 14.4. The van der Waals surface area contributed by atoms with Crippen molar-refractivity contribution in [1.29, 1.82) is 5.26 Å². The fourth-order valence-electron chi connectivity index (χ4n) is 2.25. The highest BCUT2D eigenvalue weighted by Gasteiger charge is 2.15. The summed E-state index contributed by atoms with van der Waals surface area (Å²) < 4.78 is 0. The minimum absolute atomic E-state index is 0.0364. The summed E-state index contributed by atoms with van der Waals surface area (Å²) in [6.45, 7) is 5.61. The van der Waals surface area contributed by atoms with Crippen LogP contribution in [-0.2, 0) is 4.79 Å². The number of carbonyl (C=O) groups is 2. The van der Waals surface area contributed by atoms with Crippen molar-refractivity contribution in [2.75, 3.05) is 11.1 Å².